The van der Waals surface area contributed by atoms with Crippen LogP contribution in [0.4, 0.5) is 5.69 Å². The summed E-state index contributed by atoms with van der Waals surface area (Å²) in [6.45, 7) is 1.07. The Hall–Kier alpha value is -1.55. The highest BCUT2D eigenvalue weighted by Gasteiger charge is 2.19. The van der Waals surface area contributed by atoms with Gasteiger partial charge < -0.3 is 15.7 Å². The van der Waals surface area contributed by atoms with E-state index in [1.54, 1.807) is 0 Å². The fourth-order valence-electron chi connectivity index (χ4n) is 2.62. The van der Waals surface area contributed by atoms with E-state index >= 15 is 0 Å². The van der Waals surface area contributed by atoms with E-state index in [4.69, 9.17) is 10.8 Å². The van der Waals surface area contributed by atoms with Crippen molar-refractivity contribution in [2.75, 3.05) is 18.5 Å². The van der Waals surface area contributed by atoms with Gasteiger partial charge in [-0.1, -0.05) is 12.1 Å². The Morgan fingerprint density at radius 1 is 1.56 bits per heavy atom. The quantitative estimate of drug-likeness (QED) is 0.854. The van der Waals surface area contributed by atoms with E-state index in [1.807, 2.05) is 12.1 Å². The molecule has 0 bridgehead atoms. The molecule has 1 atom stereocenters. The molecule has 0 fully saturated rings. The number of carbonyl (C=O) groups is 1. The smallest absolute Gasteiger partial charge is 0.303 e. The molecule has 1 aliphatic heterocycles. The minimum atomic E-state index is -0.785. The third-order valence-electron chi connectivity index (χ3n) is 3.59. The summed E-state index contributed by atoms with van der Waals surface area (Å²) in [7, 11) is 2.09. The van der Waals surface area contributed by atoms with Crippen LogP contribution in [0.3, 0.4) is 0 Å². The van der Waals surface area contributed by atoms with Crippen molar-refractivity contribution >= 4 is 11.7 Å². The molecule has 0 saturated heterocycles. The van der Waals surface area contributed by atoms with Gasteiger partial charge in [0.2, 0.25) is 0 Å². The molecular formula is C14H20N2O2. The maximum atomic E-state index is 10.6. The molecule has 1 aliphatic rings. The molecule has 4 heteroatoms. The molecule has 18 heavy (non-hydrogen) atoms. The third-order valence-corrected chi connectivity index (χ3v) is 3.59. The lowest BCUT2D eigenvalue weighted by Crippen LogP contribution is -2.26. The zero-order valence-corrected chi connectivity index (χ0v) is 10.7. The van der Waals surface area contributed by atoms with Crippen molar-refractivity contribution in [3.05, 3.63) is 29.3 Å². The van der Waals surface area contributed by atoms with Gasteiger partial charge in [0, 0.05) is 31.7 Å². The predicted molar refractivity (Wildman–Crippen MR) is 71.8 cm³/mol. The van der Waals surface area contributed by atoms with Crippen molar-refractivity contribution in [3.63, 3.8) is 0 Å². The highest BCUT2D eigenvalue weighted by Crippen LogP contribution is 2.32. The minimum Gasteiger partial charge on any atom is -0.481 e. The molecule has 0 amide bonds. The van der Waals surface area contributed by atoms with Crippen LogP contribution in [0.2, 0.25) is 0 Å². The van der Waals surface area contributed by atoms with Crippen LogP contribution in [0, 0.1) is 0 Å². The Bertz CT molecular complexity index is 445. The van der Waals surface area contributed by atoms with E-state index in [0.29, 0.717) is 6.42 Å². The number of hydrogen-bond acceptors (Lipinski definition) is 3. The molecule has 4 nitrogen and oxygen atoms in total. The topological polar surface area (TPSA) is 66.6 Å². The Balaban J connectivity index is 2.22. The molecular weight excluding hydrogens is 228 g/mol. The Labute approximate surface area is 107 Å². The van der Waals surface area contributed by atoms with E-state index in [9.17, 15) is 4.79 Å². The number of anilines is 1. The van der Waals surface area contributed by atoms with Gasteiger partial charge in [-0.05, 0) is 36.5 Å². The second kappa shape index (κ2) is 5.40. The second-order valence-corrected chi connectivity index (χ2v) is 4.91. The van der Waals surface area contributed by atoms with Crippen LogP contribution in [0.15, 0.2) is 18.2 Å². The number of carboxylic acids is 1. The molecule has 2 rings (SSSR count). The highest BCUT2D eigenvalue weighted by atomic mass is 16.4. The van der Waals surface area contributed by atoms with Gasteiger partial charge >= 0.3 is 5.97 Å². The number of benzene rings is 1. The van der Waals surface area contributed by atoms with Crippen LogP contribution in [-0.2, 0) is 11.2 Å². The van der Waals surface area contributed by atoms with Crippen molar-refractivity contribution in [3.8, 4) is 0 Å². The molecule has 1 unspecified atom stereocenters. The van der Waals surface area contributed by atoms with Gasteiger partial charge in [0.25, 0.3) is 0 Å². The molecule has 0 aliphatic carbocycles. The van der Waals surface area contributed by atoms with Gasteiger partial charge in [-0.25, -0.2) is 0 Å². The zero-order chi connectivity index (χ0) is 13.1. The minimum absolute atomic E-state index is 0.126. The average Bonchev–Trinajstić information content (AvgIpc) is 2.36. The van der Waals surface area contributed by atoms with Crippen molar-refractivity contribution in [1.82, 2.24) is 0 Å². The summed E-state index contributed by atoms with van der Waals surface area (Å²) in [6, 6.07) is 5.98. The van der Waals surface area contributed by atoms with Gasteiger partial charge in [-0.2, -0.15) is 0 Å². The molecule has 0 spiro atoms. The SMILES string of the molecule is CN1CCCc2c(C(N)CCC(=O)O)cccc21. The molecule has 0 aromatic heterocycles. The first-order valence-corrected chi connectivity index (χ1v) is 6.40. The number of rotatable bonds is 4. The van der Waals surface area contributed by atoms with Gasteiger partial charge in [0.15, 0.2) is 0 Å². The van der Waals surface area contributed by atoms with Crippen LogP contribution in [0.1, 0.15) is 36.4 Å². The van der Waals surface area contributed by atoms with E-state index in [1.165, 1.54) is 11.3 Å². The lowest BCUT2D eigenvalue weighted by atomic mass is 9.91. The lowest BCUT2D eigenvalue weighted by molar-refractivity contribution is -0.137. The highest BCUT2D eigenvalue weighted by molar-refractivity contribution is 5.67. The molecule has 0 saturated carbocycles. The van der Waals surface area contributed by atoms with Crippen molar-refractivity contribution < 1.29 is 9.90 Å². The Kier molecular flexibility index (Phi) is 3.87. The normalized spacial score (nSPS) is 16.2. The van der Waals surface area contributed by atoms with E-state index in [-0.39, 0.29) is 12.5 Å². The fourth-order valence-corrected chi connectivity index (χ4v) is 2.62. The van der Waals surface area contributed by atoms with Crippen LogP contribution >= 0.6 is 0 Å². The Morgan fingerprint density at radius 2 is 2.33 bits per heavy atom. The Morgan fingerprint density at radius 3 is 3.06 bits per heavy atom. The third kappa shape index (κ3) is 2.64. The maximum absolute atomic E-state index is 10.6. The molecule has 98 valence electrons. The maximum Gasteiger partial charge on any atom is 0.303 e. The number of nitrogens with zero attached hydrogens (tertiary/aromatic N) is 1. The number of fused-ring (bicyclic) bond motifs is 1. The number of aliphatic carboxylic acids is 1. The summed E-state index contributed by atoms with van der Waals surface area (Å²) in [4.78, 5) is 12.9. The standard InChI is InChI=1S/C14H20N2O2/c1-16-9-3-5-11-10(4-2-6-13(11)16)12(15)7-8-14(17)18/h2,4,6,12H,3,5,7-9,15H2,1H3,(H,17,18). The van der Waals surface area contributed by atoms with E-state index < -0.39 is 5.97 Å². The van der Waals surface area contributed by atoms with Crippen LogP contribution in [-0.4, -0.2) is 24.7 Å². The molecule has 1 heterocycles. The van der Waals surface area contributed by atoms with Crippen molar-refractivity contribution in [2.24, 2.45) is 5.73 Å². The first kappa shape index (κ1) is 12.9. The van der Waals surface area contributed by atoms with Crippen LogP contribution < -0.4 is 10.6 Å². The predicted octanol–water partition coefficient (Wildman–Crippen LogP) is 1.93. The average molecular weight is 248 g/mol. The number of nitrogens with two attached hydrogens (primary N) is 1. The summed E-state index contributed by atoms with van der Waals surface area (Å²) in [6.07, 6.45) is 2.79. The fraction of sp³-hybridized carbons (Fsp3) is 0.500. The first-order valence-electron chi connectivity index (χ1n) is 6.40. The summed E-state index contributed by atoms with van der Waals surface area (Å²) in [5.74, 6) is -0.785. The van der Waals surface area contributed by atoms with Gasteiger partial charge in [-0.3, -0.25) is 4.79 Å². The van der Waals surface area contributed by atoms with E-state index in [0.717, 1.165) is 24.9 Å². The lowest BCUT2D eigenvalue weighted by Gasteiger charge is -2.30. The summed E-state index contributed by atoms with van der Waals surface area (Å²) >= 11 is 0. The monoisotopic (exact) mass is 248 g/mol. The van der Waals surface area contributed by atoms with Crippen molar-refractivity contribution in [2.45, 2.75) is 31.7 Å². The molecule has 1 aromatic rings. The van der Waals surface area contributed by atoms with Crippen LogP contribution in [0.5, 0.6) is 0 Å². The zero-order valence-electron chi connectivity index (χ0n) is 10.7. The number of carboxylic acid groups (broad SMARTS) is 1. The molecule has 3 N–H and O–H groups in total. The first-order chi connectivity index (χ1) is 8.59. The van der Waals surface area contributed by atoms with Gasteiger partial charge in [0.1, 0.15) is 0 Å². The van der Waals surface area contributed by atoms with Gasteiger partial charge in [0.05, 0.1) is 0 Å². The summed E-state index contributed by atoms with van der Waals surface area (Å²) < 4.78 is 0. The largest absolute Gasteiger partial charge is 0.481 e. The summed E-state index contributed by atoms with van der Waals surface area (Å²) in [5.41, 5.74) is 9.78. The second-order valence-electron chi connectivity index (χ2n) is 4.91. The number of hydrogen-bond donors (Lipinski definition) is 2. The molecule has 1 aromatic carbocycles. The summed E-state index contributed by atoms with van der Waals surface area (Å²) in [5, 5.41) is 8.73. The van der Waals surface area contributed by atoms with Crippen LogP contribution in [0.25, 0.3) is 0 Å². The van der Waals surface area contributed by atoms with Gasteiger partial charge in [-0.15, -0.1) is 0 Å². The van der Waals surface area contributed by atoms with Crippen molar-refractivity contribution in [1.29, 1.82) is 0 Å². The van der Waals surface area contributed by atoms with E-state index in [2.05, 4.69) is 18.0 Å². The molecule has 0 radical (unpaired) electrons.